The summed E-state index contributed by atoms with van der Waals surface area (Å²) in [4.78, 5) is 26.2. The number of nitrogens with one attached hydrogen (secondary N) is 1. The van der Waals surface area contributed by atoms with E-state index in [-0.39, 0.29) is 30.2 Å². The minimum absolute atomic E-state index is 0.0438. The van der Waals surface area contributed by atoms with E-state index in [1.54, 1.807) is 26.0 Å². The SMILES string of the molecule is CCOC(=O)C1=C(C)NC2=C(C(=O)CC(C)(C)C2)[C@H]1c1ccc(COc2cccc(C(F)(F)F)c2)o1. The molecule has 0 radical (unpaired) electrons. The van der Waals surface area contributed by atoms with Gasteiger partial charge >= 0.3 is 12.1 Å². The normalized spacial score (nSPS) is 19.6. The van der Waals surface area contributed by atoms with Crippen LogP contribution in [0.3, 0.4) is 0 Å². The third-order valence-corrected chi connectivity index (χ3v) is 6.24. The molecule has 0 amide bonds. The van der Waals surface area contributed by atoms with Gasteiger partial charge in [-0.05, 0) is 56.0 Å². The van der Waals surface area contributed by atoms with Crippen molar-refractivity contribution in [1.82, 2.24) is 5.32 Å². The monoisotopic (exact) mass is 503 g/mol. The minimum atomic E-state index is -4.48. The fourth-order valence-electron chi connectivity index (χ4n) is 4.74. The van der Waals surface area contributed by atoms with Gasteiger partial charge in [-0.2, -0.15) is 13.2 Å². The van der Waals surface area contributed by atoms with Crippen molar-refractivity contribution < 1.29 is 36.7 Å². The fourth-order valence-corrected chi connectivity index (χ4v) is 4.74. The van der Waals surface area contributed by atoms with E-state index in [0.717, 1.165) is 17.8 Å². The van der Waals surface area contributed by atoms with Crippen LogP contribution in [0.25, 0.3) is 0 Å². The molecule has 36 heavy (non-hydrogen) atoms. The van der Waals surface area contributed by atoms with Crippen LogP contribution in [0.15, 0.2) is 63.4 Å². The highest BCUT2D eigenvalue weighted by Gasteiger charge is 2.44. The zero-order valence-electron chi connectivity index (χ0n) is 20.5. The van der Waals surface area contributed by atoms with E-state index in [2.05, 4.69) is 5.32 Å². The number of rotatable bonds is 6. The Morgan fingerprint density at radius 2 is 1.94 bits per heavy atom. The van der Waals surface area contributed by atoms with Crippen molar-refractivity contribution in [2.75, 3.05) is 6.61 Å². The van der Waals surface area contributed by atoms with Crippen molar-refractivity contribution in [3.63, 3.8) is 0 Å². The molecule has 0 bridgehead atoms. The summed E-state index contributed by atoms with van der Waals surface area (Å²) in [5.41, 5.74) is 1.06. The summed E-state index contributed by atoms with van der Waals surface area (Å²) in [6, 6.07) is 7.86. The fraction of sp³-hybridized carbons (Fsp3) is 0.407. The zero-order valence-corrected chi connectivity index (χ0v) is 20.5. The molecule has 1 aliphatic heterocycles. The van der Waals surface area contributed by atoms with Crippen LogP contribution < -0.4 is 10.1 Å². The molecule has 1 aromatic carbocycles. The van der Waals surface area contributed by atoms with Gasteiger partial charge in [-0.1, -0.05) is 19.9 Å². The van der Waals surface area contributed by atoms with E-state index in [9.17, 15) is 22.8 Å². The lowest BCUT2D eigenvalue weighted by atomic mass is 9.69. The number of Topliss-reactive ketones (excluding diaryl/α,β-unsaturated/α-hetero) is 1. The van der Waals surface area contributed by atoms with Gasteiger partial charge in [-0.3, -0.25) is 4.79 Å². The van der Waals surface area contributed by atoms with Gasteiger partial charge in [0, 0.05) is 23.4 Å². The topological polar surface area (TPSA) is 77.8 Å². The summed E-state index contributed by atoms with van der Waals surface area (Å²) in [5.74, 6) is -0.635. The molecule has 4 rings (SSSR count). The Hall–Kier alpha value is -3.49. The number of carbonyl (C=O) groups excluding carboxylic acids is 2. The number of ether oxygens (including phenoxy) is 2. The lowest BCUT2D eigenvalue weighted by Gasteiger charge is -2.38. The maximum atomic E-state index is 13.3. The van der Waals surface area contributed by atoms with Crippen LogP contribution in [0.4, 0.5) is 13.2 Å². The first-order valence-corrected chi connectivity index (χ1v) is 11.7. The van der Waals surface area contributed by atoms with E-state index >= 15 is 0 Å². The van der Waals surface area contributed by atoms with Gasteiger partial charge in [-0.15, -0.1) is 0 Å². The Labute approximate surface area is 207 Å². The Kier molecular flexibility index (Phi) is 6.77. The number of dihydropyridines is 1. The summed E-state index contributed by atoms with van der Waals surface area (Å²) < 4.78 is 55.8. The zero-order chi connectivity index (χ0) is 26.3. The largest absolute Gasteiger partial charge is 0.486 e. The number of benzene rings is 1. The molecular weight excluding hydrogens is 475 g/mol. The number of halogens is 3. The quantitative estimate of drug-likeness (QED) is 0.484. The van der Waals surface area contributed by atoms with Gasteiger partial charge in [0.25, 0.3) is 0 Å². The van der Waals surface area contributed by atoms with Crippen LogP contribution >= 0.6 is 0 Å². The second-order valence-corrected chi connectivity index (χ2v) is 9.77. The number of hydrogen-bond acceptors (Lipinski definition) is 6. The number of furan rings is 1. The number of carbonyl (C=O) groups is 2. The lowest BCUT2D eigenvalue weighted by molar-refractivity contribution is -0.139. The summed E-state index contributed by atoms with van der Waals surface area (Å²) in [5, 5.41) is 3.24. The number of alkyl halides is 3. The molecule has 2 heterocycles. The predicted molar refractivity (Wildman–Crippen MR) is 125 cm³/mol. The standard InChI is InChI=1S/C27H28F3NO5/c1-5-34-25(33)22-15(2)31-19-12-26(3,4)13-20(32)23(19)24(22)21-10-9-18(36-21)14-35-17-8-6-7-16(11-17)27(28,29)30/h6-11,24,31H,5,12-14H2,1-4H3/t24-/m0/s1. The first-order chi connectivity index (χ1) is 16.9. The van der Waals surface area contributed by atoms with Crippen molar-refractivity contribution in [2.24, 2.45) is 5.41 Å². The molecule has 1 aliphatic carbocycles. The average Bonchev–Trinajstić information content (AvgIpc) is 3.24. The minimum Gasteiger partial charge on any atom is -0.486 e. The average molecular weight is 504 g/mol. The van der Waals surface area contributed by atoms with E-state index < -0.39 is 23.6 Å². The summed E-state index contributed by atoms with van der Waals surface area (Å²) in [6.45, 7) is 7.53. The molecule has 0 unspecified atom stereocenters. The van der Waals surface area contributed by atoms with Crippen LogP contribution in [-0.2, 0) is 27.1 Å². The second-order valence-electron chi connectivity index (χ2n) is 9.77. The molecule has 9 heteroatoms. The van der Waals surface area contributed by atoms with E-state index in [1.807, 2.05) is 13.8 Å². The first kappa shape index (κ1) is 25.6. The molecule has 0 fully saturated rings. The Balaban J connectivity index is 1.65. The molecule has 2 aromatic rings. The number of hydrogen-bond donors (Lipinski definition) is 1. The highest BCUT2D eigenvalue weighted by Crippen LogP contribution is 2.47. The van der Waals surface area contributed by atoms with Crippen molar-refractivity contribution in [1.29, 1.82) is 0 Å². The molecule has 6 nitrogen and oxygen atoms in total. The van der Waals surface area contributed by atoms with Crippen molar-refractivity contribution >= 4 is 11.8 Å². The third-order valence-electron chi connectivity index (χ3n) is 6.24. The smallest absolute Gasteiger partial charge is 0.416 e. The van der Waals surface area contributed by atoms with Crippen LogP contribution in [0.1, 0.15) is 63.5 Å². The second kappa shape index (κ2) is 9.52. The van der Waals surface area contributed by atoms with Gasteiger partial charge in [0.15, 0.2) is 5.78 Å². The molecule has 1 aromatic heterocycles. The molecule has 0 spiro atoms. The van der Waals surface area contributed by atoms with Crippen LogP contribution in [0, 0.1) is 5.41 Å². The van der Waals surface area contributed by atoms with E-state index in [1.165, 1.54) is 12.1 Å². The highest BCUT2D eigenvalue weighted by molar-refractivity contribution is 6.04. The Morgan fingerprint density at radius 1 is 1.19 bits per heavy atom. The summed E-state index contributed by atoms with van der Waals surface area (Å²) in [6.07, 6.45) is -3.53. The van der Waals surface area contributed by atoms with Crippen molar-refractivity contribution in [3.05, 3.63) is 76.0 Å². The molecule has 1 atom stereocenters. The third kappa shape index (κ3) is 5.20. The summed E-state index contributed by atoms with van der Waals surface area (Å²) in [7, 11) is 0. The molecule has 192 valence electrons. The van der Waals surface area contributed by atoms with Gasteiger partial charge in [0.1, 0.15) is 23.9 Å². The lowest BCUT2D eigenvalue weighted by Crippen LogP contribution is -2.38. The predicted octanol–water partition coefficient (Wildman–Crippen LogP) is 6.04. The molecule has 0 saturated heterocycles. The van der Waals surface area contributed by atoms with Crippen molar-refractivity contribution in [2.45, 2.75) is 59.2 Å². The van der Waals surface area contributed by atoms with Gasteiger partial charge < -0.3 is 19.2 Å². The Bertz CT molecular complexity index is 1250. The number of esters is 1. The maximum Gasteiger partial charge on any atom is 0.416 e. The molecular formula is C27H28F3NO5. The number of ketones is 1. The summed E-state index contributed by atoms with van der Waals surface area (Å²) >= 11 is 0. The highest BCUT2D eigenvalue weighted by atomic mass is 19.4. The molecule has 0 saturated carbocycles. The van der Waals surface area contributed by atoms with E-state index in [0.29, 0.717) is 41.2 Å². The Morgan fingerprint density at radius 3 is 2.64 bits per heavy atom. The van der Waals surface area contributed by atoms with Crippen LogP contribution in [0.5, 0.6) is 5.75 Å². The van der Waals surface area contributed by atoms with Crippen LogP contribution in [0.2, 0.25) is 0 Å². The van der Waals surface area contributed by atoms with Gasteiger partial charge in [0.05, 0.1) is 23.7 Å². The van der Waals surface area contributed by atoms with Crippen LogP contribution in [-0.4, -0.2) is 18.4 Å². The van der Waals surface area contributed by atoms with Gasteiger partial charge in [0.2, 0.25) is 0 Å². The van der Waals surface area contributed by atoms with Crippen molar-refractivity contribution in [3.8, 4) is 5.75 Å². The first-order valence-electron chi connectivity index (χ1n) is 11.7. The number of allylic oxidation sites excluding steroid dienone is 3. The van der Waals surface area contributed by atoms with Gasteiger partial charge in [-0.25, -0.2) is 4.79 Å². The molecule has 1 N–H and O–H groups in total. The molecule has 2 aliphatic rings. The maximum absolute atomic E-state index is 13.3. The van der Waals surface area contributed by atoms with E-state index in [4.69, 9.17) is 13.9 Å².